The molecule has 2 aromatic carbocycles. The Hall–Kier alpha value is -3.40. The monoisotopic (exact) mass is 653 g/mol. The van der Waals surface area contributed by atoms with Crippen LogP contribution in [-0.4, -0.2) is 62.1 Å². The minimum Gasteiger partial charge on any atom is -0.462 e. The molecule has 3 rings (SSSR count). The van der Waals surface area contributed by atoms with E-state index in [1.807, 2.05) is 69.3 Å². The van der Waals surface area contributed by atoms with E-state index in [9.17, 15) is 9.59 Å². The van der Waals surface area contributed by atoms with E-state index in [1.165, 1.54) is 6.20 Å². The minimum absolute atomic E-state index is 0.0293. The zero-order chi connectivity index (χ0) is 33.4. The van der Waals surface area contributed by atoms with Gasteiger partial charge in [0.1, 0.15) is 5.60 Å². The predicted octanol–water partition coefficient (Wildman–Crippen LogP) is 8.99. The van der Waals surface area contributed by atoms with Crippen LogP contribution < -0.4 is 5.32 Å². The van der Waals surface area contributed by atoms with Gasteiger partial charge in [-0.25, -0.2) is 9.59 Å². The number of anilines is 1. The fraction of sp³-hybridized carbons (Fsp3) is 0.457. The van der Waals surface area contributed by atoms with E-state index < -0.39 is 26.0 Å². The topological polar surface area (TPSA) is 90.0 Å². The number of hydrogen-bond donors (Lipinski definition) is 1. The first-order valence-corrected chi connectivity index (χ1v) is 18.7. The van der Waals surface area contributed by atoms with E-state index in [4.69, 9.17) is 25.5 Å². The van der Waals surface area contributed by atoms with Gasteiger partial charge < -0.3 is 24.1 Å². The SMILES string of the molecule is CCOC(=O)c1cncc(-c2cccc(NCCN(C[C@H](O[Si](C)(C)C(C)(C)C)c3cccc(Cl)c3)C(=O)OC(C)(C)C)c2)c1. The Labute approximate surface area is 274 Å². The molecule has 0 radical (unpaired) electrons. The number of rotatable bonds is 12. The first-order chi connectivity index (χ1) is 21.0. The Balaban J connectivity index is 1.83. The molecule has 244 valence electrons. The molecule has 0 aliphatic heterocycles. The van der Waals surface area contributed by atoms with E-state index in [2.05, 4.69) is 44.2 Å². The molecule has 1 N–H and O–H groups in total. The van der Waals surface area contributed by atoms with Crippen LogP contribution in [-0.2, 0) is 13.9 Å². The molecule has 0 saturated carbocycles. The standard InChI is InChI=1S/C35H48ClN3O5Si/c1-10-42-32(40)28-19-27(22-37-23-28)25-13-12-16-30(21-25)38-17-18-39(33(41)43-34(2,3)4)24-31(26-14-11-15-29(36)20-26)44-45(8,9)35(5,6)7/h11-16,19-23,31,38H,10,17-18,24H2,1-9H3/t31-/m0/s1. The van der Waals surface area contributed by atoms with Gasteiger partial charge in [-0.1, -0.05) is 56.6 Å². The largest absolute Gasteiger partial charge is 0.462 e. The predicted molar refractivity (Wildman–Crippen MR) is 184 cm³/mol. The maximum Gasteiger partial charge on any atom is 0.410 e. The Morgan fingerprint density at radius 3 is 2.33 bits per heavy atom. The lowest BCUT2D eigenvalue weighted by Gasteiger charge is -2.40. The van der Waals surface area contributed by atoms with Crippen LogP contribution >= 0.6 is 11.6 Å². The van der Waals surface area contributed by atoms with E-state index >= 15 is 0 Å². The average molecular weight is 654 g/mol. The molecule has 0 unspecified atom stereocenters. The third kappa shape index (κ3) is 10.9. The number of hydrogen-bond acceptors (Lipinski definition) is 7. The molecular weight excluding hydrogens is 606 g/mol. The number of carbonyl (C=O) groups excluding carboxylic acids is 2. The molecule has 0 spiro atoms. The normalized spacial score (nSPS) is 12.8. The molecule has 8 nitrogen and oxygen atoms in total. The second-order valence-electron chi connectivity index (χ2n) is 13.5. The highest BCUT2D eigenvalue weighted by Gasteiger charge is 2.40. The van der Waals surface area contributed by atoms with E-state index in [0.717, 1.165) is 22.4 Å². The summed E-state index contributed by atoms with van der Waals surface area (Å²) in [6.45, 7) is 19.8. The fourth-order valence-electron chi connectivity index (χ4n) is 4.30. The van der Waals surface area contributed by atoms with Crippen LogP contribution in [0.4, 0.5) is 10.5 Å². The van der Waals surface area contributed by atoms with Crippen LogP contribution in [0.5, 0.6) is 0 Å². The van der Waals surface area contributed by atoms with Crippen LogP contribution in [0.25, 0.3) is 11.1 Å². The summed E-state index contributed by atoms with van der Waals surface area (Å²) in [5.74, 6) is -0.406. The maximum atomic E-state index is 13.5. The van der Waals surface area contributed by atoms with E-state index in [1.54, 1.807) is 24.1 Å². The maximum absolute atomic E-state index is 13.5. The summed E-state index contributed by atoms with van der Waals surface area (Å²) in [7, 11) is -2.23. The van der Waals surface area contributed by atoms with Gasteiger partial charge in [0, 0.05) is 41.8 Å². The molecule has 0 bridgehead atoms. The molecule has 3 aromatic rings. The highest BCUT2D eigenvalue weighted by atomic mass is 35.5. The molecule has 0 saturated heterocycles. The Morgan fingerprint density at radius 1 is 0.978 bits per heavy atom. The fourth-order valence-corrected chi connectivity index (χ4v) is 5.78. The van der Waals surface area contributed by atoms with Crippen molar-refractivity contribution in [3.05, 3.63) is 83.1 Å². The van der Waals surface area contributed by atoms with Crippen molar-refractivity contribution in [2.75, 3.05) is 31.6 Å². The highest BCUT2D eigenvalue weighted by molar-refractivity contribution is 6.74. The van der Waals surface area contributed by atoms with Crippen molar-refractivity contribution in [3.63, 3.8) is 0 Å². The minimum atomic E-state index is -2.23. The van der Waals surface area contributed by atoms with Crippen LogP contribution in [0.15, 0.2) is 67.0 Å². The quantitative estimate of drug-likeness (QED) is 0.154. The molecule has 1 atom stereocenters. The lowest BCUT2D eigenvalue weighted by molar-refractivity contribution is 0.0165. The van der Waals surface area contributed by atoms with Crippen LogP contribution in [0, 0.1) is 0 Å². The number of halogens is 1. The summed E-state index contributed by atoms with van der Waals surface area (Å²) in [4.78, 5) is 31.7. The van der Waals surface area contributed by atoms with Gasteiger partial charge >= 0.3 is 12.1 Å². The van der Waals surface area contributed by atoms with Gasteiger partial charge in [0.25, 0.3) is 0 Å². The van der Waals surface area contributed by atoms with Crippen molar-refractivity contribution in [1.29, 1.82) is 0 Å². The van der Waals surface area contributed by atoms with Crippen molar-refractivity contribution >= 4 is 37.7 Å². The summed E-state index contributed by atoms with van der Waals surface area (Å²) in [6.07, 6.45) is 2.41. The van der Waals surface area contributed by atoms with Crippen LogP contribution in [0.2, 0.25) is 23.2 Å². The summed E-state index contributed by atoms with van der Waals surface area (Å²) < 4.78 is 17.9. The van der Waals surface area contributed by atoms with Gasteiger partial charge in [-0.15, -0.1) is 0 Å². The zero-order valence-corrected chi connectivity index (χ0v) is 29.8. The number of aromatic nitrogens is 1. The van der Waals surface area contributed by atoms with Crippen LogP contribution in [0.3, 0.4) is 0 Å². The summed E-state index contributed by atoms with van der Waals surface area (Å²) in [5.41, 5.74) is 3.21. The van der Waals surface area contributed by atoms with Gasteiger partial charge in [0.15, 0.2) is 8.32 Å². The molecular formula is C35H48ClN3O5Si. The summed E-state index contributed by atoms with van der Waals surface area (Å²) in [6, 6.07) is 17.2. The Morgan fingerprint density at radius 2 is 1.69 bits per heavy atom. The van der Waals surface area contributed by atoms with Gasteiger partial charge in [-0.3, -0.25) is 4.98 Å². The van der Waals surface area contributed by atoms with E-state index in [-0.39, 0.29) is 11.1 Å². The lowest BCUT2D eigenvalue weighted by Crippen LogP contribution is -2.46. The van der Waals surface area contributed by atoms with Crippen LogP contribution in [0.1, 0.15) is 70.5 Å². The van der Waals surface area contributed by atoms with Crippen molar-refractivity contribution < 1.29 is 23.5 Å². The van der Waals surface area contributed by atoms with Crippen molar-refractivity contribution in [2.45, 2.75) is 78.3 Å². The third-order valence-electron chi connectivity index (χ3n) is 7.66. The smallest absolute Gasteiger partial charge is 0.410 e. The average Bonchev–Trinajstić information content (AvgIpc) is 2.95. The molecule has 0 fully saturated rings. The van der Waals surface area contributed by atoms with Crippen molar-refractivity contribution in [2.24, 2.45) is 0 Å². The number of nitrogens with zero attached hydrogens (tertiary/aromatic N) is 2. The second kappa shape index (κ2) is 15.3. The number of benzene rings is 2. The van der Waals surface area contributed by atoms with Crippen molar-refractivity contribution in [3.8, 4) is 11.1 Å². The number of ether oxygens (including phenoxy) is 2. The van der Waals surface area contributed by atoms with E-state index in [0.29, 0.717) is 36.8 Å². The number of pyridine rings is 1. The number of esters is 1. The molecule has 1 aromatic heterocycles. The highest BCUT2D eigenvalue weighted by Crippen LogP contribution is 2.40. The first kappa shape index (κ1) is 36.1. The number of amides is 1. The third-order valence-corrected chi connectivity index (χ3v) is 12.4. The van der Waals surface area contributed by atoms with Crippen molar-refractivity contribution in [1.82, 2.24) is 9.88 Å². The lowest BCUT2D eigenvalue weighted by atomic mass is 10.1. The molecule has 0 aliphatic rings. The van der Waals surface area contributed by atoms with Gasteiger partial charge in [0.05, 0.1) is 24.8 Å². The Bertz CT molecular complexity index is 1450. The number of carbonyl (C=O) groups is 2. The van der Waals surface area contributed by atoms with Gasteiger partial charge in [-0.05, 0) is 87.3 Å². The van der Waals surface area contributed by atoms with Gasteiger partial charge in [0.2, 0.25) is 0 Å². The molecule has 1 amide bonds. The Kier molecular flexibility index (Phi) is 12.2. The molecule has 0 aliphatic carbocycles. The molecule has 45 heavy (non-hydrogen) atoms. The second-order valence-corrected chi connectivity index (χ2v) is 18.7. The summed E-state index contributed by atoms with van der Waals surface area (Å²) in [5, 5.41) is 4.03. The molecule has 10 heteroatoms. The summed E-state index contributed by atoms with van der Waals surface area (Å²) >= 11 is 6.40. The van der Waals surface area contributed by atoms with Gasteiger partial charge in [-0.2, -0.15) is 0 Å². The first-order valence-electron chi connectivity index (χ1n) is 15.4. The zero-order valence-electron chi connectivity index (χ0n) is 28.1. The number of nitrogens with one attached hydrogen (secondary N) is 1. The molecule has 1 heterocycles.